The Morgan fingerprint density at radius 1 is 1.29 bits per heavy atom. The zero-order valence-corrected chi connectivity index (χ0v) is 10.7. The van der Waals surface area contributed by atoms with Gasteiger partial charge in [-0.25, -0.2) is 0 Å². The second-order valence-electron chi connectivity index (χ2n) is 3.71. The van der Waals surface area contributed by atoms with Crippen molar-refractivity contribution in [2.45, 2.75) is 31.0 Å². The fourth-order valence-corrected chi connectivity index (χ4v) is 2.09. The van der Waals surface area contributed by atoms with Crippen LogP contribution in [-0.4, -0.2) is 12.8 Å². The first-order chi connectivity index (χ1) is 7.99. The molecule has 0 atom stereocenters. The van der Waals surface area contributed by atoms with Crippen molar-refractivity contribution in [1.29, 1.82) is 0 Å². The lowest BCUT2D eigenvalue weighted by Gasteiger charge is -2.13. The van der Waals surface area contributed by atoms with E-state index in [-0.39, 0.29) is 4.90 Å². The van der Waals surface area contributed by atoms with Crippen LogP contribution in [0.1, 0.15) is 24.5 Å². The Labute approximate surface area is 104 Å². The minimum Gasteiger partial charge on any atom is -0.313 e. The highest BCUT2D eigenvalue weighted by Crippen LogP contribution is 2.36. The fraction of sp³-hybridized carbons (Fsp3) is 0.500. The molecule has 1 aromatic rings. The number of nitrogens with one attached hydrogen (secondary N) is 1. The molecule has 0 bridgehead atoms. The van der Waals surface area contributed by atoms with E-state index in [0.29, 0.717) is 12.1 Å². The Morgan fingerprint density at radius 2 is 2.00 bits per heavy atom. The van der Waals surface area contributed by atoms with Crippen LogP contribution in [0.15, 0.2) is 23.1 Å². The fourth-order valence-electron chi connectivity index (χ4n) is 1.50. The van der Waals surface area contributed by atoms with Gasteiger partial charge in [0.05, 0.1) is 5.56 Å². The maximum atomic E-state index is 12.8. The van der Waals surface area contributed by atoms with Gasteiger partial charge in [-0.05, 0) is 36.9 Å². The predicted octanol–water partition coefficient (Wildman–Crippen LogP) is 3.93. The summed E-state index contributed by atoms with van der Waals surface area (Å²) in [4.78, 5) is 0.275. The molecule has 0 heterocycles. The SMILES string of the molecule is CCCNCc1ccc(SC)c(C(F)(F)F)c1. The van der Waals surface area contributed by atoms with Crippen molar-refractivity contribution in [3.05, 3.63) is 29.3 Å². The molecule has 0 saturated carbocycles. The number of thioether (sulfide) groups is 1. The summed E-state index contributed by atoms with van der Waals surface area (Å²) in [5.41, 5.74) is 0.129. The summed E-state index contributed by atoms with van der Waals surface area (Å²) in [5.74, 6) is 0. The number of rotatable bonds is 5. The molecule has 1 N–H and O–H groups in total. The molecule has 0 unspecified atom stereocenters. The standard InChI is InChI=1S/C12H16F3NS/c1-3-6-16-8-9-4-5-11(17-2)10(7-9)12(13,14)15/h4-5,7,16H,3,6,8H2,1-2H3. The van der Waals surface area contributed by atoms with E-state index in [2.05, 4.69) is 5.32 Å². The van der Waals surface area contributed by atoms with Crippen molar-refractivity contribution in [3.8, 4) is 0 Å². The number of hydrogen-bond donors (Lipinski definition) is 1. The van der Waals surface area contributed by atoms with Gasteiger partial charge in [0.1, 0.15) is 0 Å². The van der Waals surface area contributed by atoms with Gasteiger partial charge in [-0.1, -0.05) is 13.0 Å². The second-order valence-corrected chi connectivity index (χ2v) is 4.56. The van der Waals surface area contributed by atoms with Crippen LogP contribution in [0.4, 0.5) is 13.2 Å². The number of hydrogen-bond acceptors (Lipinski definition) is 2. The van der Waals surface area contributed by atoms with E-state index in [4.69, 9.17) is 0 Å². The van der Waals surface area contributed by atoms with E-state index in [1.807, 2.05) is 6.92 Å². The van der Waals surface area contributed by atoms with Crippen LogP contribution in [0.5, 0.6) is 0 Å². The summed E-state index contributed by atoms with van der Waals surface area (Å²) in [7, 11) is 0. The Hall–Kier alpha value is -0.680. The first-order valence-corrected chi connectivity index (χ1v) is 6.66. The van der Waals surface area contributed by atoms with Gasteiger partial charge in [0, 0.05) is 11.4 Å². The second kappa shape index (κ2) is 6.31. The van der Waals surface area contributed by atoms with E-state index < -0.39 is 11.7 Å². The molecule has 1 aromatic carbocycles. The molecule has 5 heteroatoms. The maximum absolute atomic E-state index is 12.8. The largest absolute Gasteiger partial charge is 0.417 e. The minimum atomic E-state index is -4.28. The highest BCUT2D eigenvalue weighted by Gasteiger charge is 2.33. The molecule has 0 saturated heterocycles. The molecule has 0 aliphatic heterocycles. The van der Waals surface area contributed by atoms with Crippen LogP contribution in [0.2, 0.25) is 0 Å². The van der Waals surface area contributed by atoms with Crippen LogP contribution < -0.4 is 5.32 Å². The van der Waals surface area contributed by atoms with Crippen molar-refractivity contribution in [2.24, 2.45) is 0 Å². The molecule has 0 aromatic heterocycles. The third-order valence-electron chi connectivity index (χ3n) is 2.33. The number of halogens is 3. The summed E-state index contributed by atoms with van der Waals surface area (Å²) in [6, 6.07) is 4.51. The molecule has 0 radical (unpaired) electrons. The van der Waals surface area contributed by atoms with Gasteiger partial charge in [0.2, 0.25) is 0 Å². The lowest BCUT2D eigenvalue weighted by molar-refractivity contribution is -0.139. The number of benzene rings is 1. The van der Waals surface area contributed by atoms with Crippen molar-refractivity contribution in [1.82, 2.24) is 5.32 Å². The quantitative estimate of drug-likeness (QED) is 0.638. The normalized spacial score (nSPS) is 11.8. The van der Waals surface area contributed by atoms with Gasteiger partial charge in [0.15, 0.2) is 0 Å². The average Bonchev–Trinajstić information content (AvgIpc) is 2.28. The van der Waals surface area contributed by atoms with Crippen molar-refractivity contribution < 1.29 is 13.2 Å². The molecule has 1 rings (SSSR count). The lowest BCUT2D eigenvalue weighted by atomic mass is 10.1. The third-order valence-corrected chi connectivity index (χ3v) is 3.12. The molecule has 0 aliphatic rings. The zero-order valence-electron chi connectivity index (χ0n) is 9.90. The predicted molar refractivity (Wildman–Crippen MR) is 65.2 cm³/mol. The topological polar surface area (TPSA) is 12.0 Å². The summed E-state index contributed by atoms with van der Waals surface area (Å²) >= 11 is 1.12. The van der Waals surface area contributed by atoms with Gasteiger partial charge in [-0.2, -0.15) is 13.2 Å². The first kappa shape index (κ1) is 14.4. The summed E-state index contributed by atoms with van der Waals surface area (Å²) in [6.45, 7) is 3.31. The Kier molecular flexibility index (Phi) is 5.33. The summed E-state index contributed by atoms with van der Waals surface area (Å²) in [6.07, 6.45) is -1.66. The smallest absolute Gasteiger partial charge is 0.313 e. The molecule has 1 nitrogen and oxygen atoms in total. The highest BCUT2D eigenvalue weighted by atomic mass is 32.2. The van der Waals surface area contributed by atoms with Crippen LogP contribution in [0, 0.1) is 0 Å². The van der Waals surface area contributed by atoms with E-state index in [1.54, 1.807) is 12.3 Å². The van der Waals surface area contributed by atoms with E-state index in [9.17, 15) is 13.2 Å². The van der Waals surface area contributed by atoms with E-state index in [1.165, 1.54) is 12.1 Å². The molecule has 0 amide bonds. The van der Waals surface area contributed by atoms with Gasteiger partial charge in [-0.3, -0.25) is 0 Å². The van der Waals surface area contributed by atoms with Gasteiger partial charge in [-0.15, -0.1) is 11.8 Å². The van der Waals surface area contributed by atoms with Gasteiger partial charge >= 0.3 is 6.18 Å². The van der Waals surface area contributed by atoms with Crippen LogP contribution in [-0.2, 0) is 12.7 Å². The third kappa shape index (κ3) is 4.24. The number of alkyl halides is 3. The molecule has 17 heavy (non-hydrogen) atoms. The molecule has 0 aliphatic carbocycles. The van der Waals surface area contributed by atoms with Crippen LogP contribution in [0.3, 0.4) is 0 Å². The van der Waals surface area contributed by atoms with Crippen LogP contribution >= 0.6 is 11.8 Å². The van der Waals surface area contributed by atoms with Crippen molar-refractivity contribution >= 4 is 11.8 Å². The monoisotopic (exact) mass is 263 g/mol. The van der Waals surface area contributed by atoms with E-state index >= 15 is 0 Å². The zero-order chi connectivity index (χ0) is 12.9. The van der Waals surface area contributed by atoms with Crippen molar-refractivity contribution in [2.75, 3.05) is 12.8 Å². The lowest BCUT2D eigenvalue weighted by Crippen LogP contribution is -2.15. The molecule has 0 spiro atoms. The molecular formula is C12H16F3NS. The minimum absolute atomic E-state index is 0.275. The molecule has 0 fully saturated rings. The Morgan fingerprint density at radius 3 is 2.53 bits per heavy atom. The summed E-state index contributed by atoms with van der Waals surface area (Å²) < 4.78 is 38.3. The van der Waals surface area contributed by atoms with Crippen molar-refractivity contribution in [3.63, 3.8) is 0 Å². The molecule has 96 valence electrons. The maximum Gasteiger partial charge on any atom is 0.417 e. The first-order valence-electron chi connectivity index (χ1n) is 5.44. The molecular weight excluding hydrogens is 247 g/mol. The average molecular weight is 263 g/mol. The highest BCUT2D eigenvalue weighted by molar-refractivity contribution is 7.98. The van der Waals surface area contributed by atoms with Gasteiger partial charge in [0.25, 0.3) is 0 Å². The Bertz CT molecular complexity index is 363. The van der Waals surface area contributed by atoms with E-state index in [0.717, 1.165) is 24.7 Å². The Balaban J connectivity index is 2.89. The summed E-state index contributed by atoms with van der Waals surface area (Å²) in [5, 5.41) is 3.09. The van der Waals surface area contributed by atoms with Crippen LogP contribution in [0.25, 0.3) is 0 Å². The van der Waals surface area contributed by atoms with Gasteiger partial charge < -0.3 is 5.32 Å².